The fourth-order valence-electron chi connectivity index (χ4n) is 1.44. The molecule has 0 amide bonds. The van der Waals surface area contributed by atoms with E-state index in [0.29, 0.717) is 5.69 Å². The minimum atomic E-state index is -0.0556. The van der Waals surface area contributed by atoms with Crippen molar-refractivity contribution in [2.24, 2.45) is 0 Å². The number of aliphatic hydroxyl groups excluding tert-OH is 1. The first-order valence-corrected chi connectivity index (χ1v) is 4.80. The van der Waals surface area contributed by atoms with Crippen LogP contribution in [0.1, 0.15) is 16.8 Å². The van der Waals surface area contributed by atoms with Crippen LogP contribution in [-0.2, 0) is 6.61 Å². The maximum absolute atomic E-state index is 9.09. The summed E-state index contributed by atoms with van der Waals surface area (Å²) in [7, 11) is 0. The zero-order valence-corrected chi connectivity index (χ0v) is 8.81. The van der Waals surface area contributed by atoms with Gasteiger partial charge in [0.1, 0.15) is 0 Å². The molecular weight excluding hydrogens is 190 g/mol. The van der Waals surface area contributed by atoms with Crippen molar-refractivity contribution in [1.82, 2.24) is 15.0 Å². The van der Waals surface area contributed by atoms with Gasteiger partial charge >= 0.3 is 0 Å². The maximum atomic E-state index is 9.09. The van der Waals surface area contributed by atoms with E-state index < -0.39 is 0 Å². The topological polar surface area (TPSA) is 50.9 Å². The second-order valence-corrected chi connectivity index (χ2v) is 3.56. The summed E-state index contributed by atoms with van der Waals surface area (Å²) in [5, 5.41) is 16.8. The smallest absolute Gasteiger partial charge is 0.0900 e. The SMILES string of the molecule is Cc1ccc(-n2nncc2CO)cc1C. The van der Waals surface area contributed by atoms with Gasteiger partial charge in [0.2, 0.25) is 0 Å². The minimum Gasteiger partial charge on any atom is -0.390 e. The van der Waals surface area contributed by atoms with Gasteiger partial charge in [-0.1, -0.05) is 11.3 Å². The number of benzene rings is 1. The first-order valence-electron chi connectivity index (χ1n) is 4.80. The number of aromatic nitrogens is 3. The van der Waals surface area contributed by atoms with Crippen molar-refractivity contribution in [2.45, 2.75) is 20.5 Å². The largest absolute Gasteiger partial charge is 0.390 e. The van der Waals surface area contributed by atoms with E-state index >= 15 is 0 Å². The fourth-order valence-corrected chi connectivity index (χ4v) is 1.44. The van der Waals surface area contributed by atoms with Crippen LogP contribution in [0.15, 0.2) is 24.4 Å². The van der Waals surface area contributed by atoms with Crippen molar-refractivity contribution >= 4 is 0 Å². The van der Waals surface area contributed by atoms with Crippen LogP contribution < -0.4 is 0 Å². The molecule has 4 heteroatoms. The summed E-state index contributed by atoms with van der Waals surface area (Å²) in [6, 6.07) is 6.03. The Balaban J connectivity index is 2.50. The second kappa shape index (κ2) is 3.82. The average molecular weight is 203 g/mol. The van der Waals surface area contributed by atoms with Crippen LogP contribution in [0.2, 0.25) is 0 Å². The lowest BCUT2D eigenvalue weighted by Gasteiger charge is -2.06. The lowest BCUT2D eigenvalue weighted by atomic mass is 10.1. The van der Waals surface area contributed by atoms with Gasteiger partial charge in [-0.05, 0) is 37.1 Å². The van der Waals surface area contributed by atoms with Crippen molar-refractivity contribution in [3.63, 3.8) is 0 Å². The van der Waals surface area contributed by atoms with Crippen molar-refractivity contribution < 1.29 is 5.11 Å². The molecule has 0 unspecified atom stereocenters. The third-order valence-electron chi connectivity index (χ3n) is 2.52. The Morgan fingerprint density at radius 3 is 2.73 bits per heavy atom. The van der Waals surface area contributed by atoms with Gasteiger partial charge in [0.15, 0.2) is 0 Å². The molecule has 0 spiro atoms. The highest BCUT2D eigenvalue weighted by Crippen LogP contribution is 2.14. The number of nitrogens with zero attached hydrogens (tertiary/aromatic N) is 3. The molecule has 15 heavy (non-hydrogen) atoms. The van der Waals surface area contributed by atoms with Gasteiger partial charge < -0.3 is 5.11 Å². The quantitative estimate of drug-likeness (QED) is 0.802. The molecule has 4 nitrogen and oxygen atoms in total. The molecule has 1 heterocycles. The van der Waals surface area contributed by atoms with E-state index in [1.165, 1.54) is 11.1 Å². The Labute approximate surface area is 88.2 Å². The summed E-state index contributed by atoms with van der Waals surface area (Å²) in [5.74, 6) is 0. The van der Waals surface area contributed by atoms with E-state index in [1.54, 1.807) is 10.9 Å². The highest BCUT2D eigenvalue weighted by atomic mass is 16.3. The van der Waals surface area contributed by atoms with Gasteiger partial charge in [0, 0.05) is 0 Å². The fraction of sp³-hybridized carbons (Fsp3) is 0.273. The average Bonchev–Trinajstić information content (AvgIpc) is 2.70. The maximum Gasteiger partial charge on any atom is 0.0900 e. The van der Waals surface area contributed by atoms with E-state index in [1.807, 2.05) is 25.1 Å². The van der Waals surface area contributed by atoms with Gasteiger partial charge in [-0.3, -0.25) is 0 Å². The van der Waals surface area contributed by atoms with Crippen LogP contribution in [0.5, 0.6) is 0 Å². The molecule has 0 fully saturated rings. The predicted molar refractivity (Wildman–Crippen MR) is 56.8 cm³/mol. The molecule has 1 N–H and O–H groups in total. The normalized spacial score (nSPS) is 10.6. The first-order chi connectivity index (χ1) is 7.22. The minimum absolute atomic E-state index is 0.0556. The number of aryl methyl sites for hydroxylation is 2. The van der Waals surface area contributed by atoms with E-state index in [0.717, 1.165) is 5.69 Å². The summed E-state index contributed by atoms with van der Waals surface area (Å²) in [5.41, 5.74) is 4.06. The van der Waals surface area contributed by atoms with Crippen molar-refractivity contribution in [3.8, 4) is 5.69 Å². The number of hydrogen-bond acceptors (Lipinski definition) is 3. The third kappa shape index (κ3) is 1.76. The van der Waals surface area contributed by atoms with Gasteiger partial charge in [-0.25, -0.2) is 4.68 Å². The standard InChI is InChI=1S/C11H13N3O/c1-8-3-4-10(5-9(8)2)14-11(7-15)6-12-13-14/h3-6,15H,7H2,1-2H3. The molecular formula is C11H13N3O. The van der Waals surface area contributed by atoms with Crippen molar-refractivity contribution in [2.75, 3.05) is 0 Å². The summed E-state index contributed by atoms with van der Waals surface area (Å²) in [6.45, 7) is 4.06. The van der Waals surface area contributed by atoms with Gasteiger partial charge in [0.25, 0.3) is 0 Å². The van der Waals surface area contributed by atoms with E-state index in [2.05, 4.69) is 17.2 Å². The molecule has 0 saturated carbocycles. The highest BCUT2D eigenvalue weighted by molar-refractivity contribution is 5.39. The molecule has 2 rings (SSSR count). The van der Waals surface area contributed by atoms with Crippen LogP contribution >= 0.6 is 0 Å². The number of aliphatic hydroxyl groups is 1. The van der Waals surface area contributed by atoms with Crippen LogP contribution in [0.4, 0.5) is 0 Å². The van der Waals surface area contributed by atoms with Crippen LogP contribution in [-0.4, -0.2) is 20.1 Å². The third-order valence-corrected chi connectivity index (χ3v) is 2.52. The van der Waals surface area contributed by atoms with E-state index in [-0.39, 0.29) is 6.61 Å². The molecule has 1 aromatic carbocycles. The Hall–Kier alpha value is -1.68. The lowest BCUT2D eigenvalue weighted by molar-refractivity contribution is 0.273. The number of hydrogen-bond donors (Lipinski definition) is 1. The molecule has 0 atom stereocenters. The molecule has 0 saturated heterocycles. The van der Waals surface area contributed by atoms with E-state index in [4.69, 9.17) is 5.11 Å². The van der Waals surface area contributed by atoms with Crippen molar-refractivity contribution in [1.29, 1.82) is 0 Å². The Bertz CT molecular complexity index is 476. The monoisotopic (exact) mass is 203 g/mol. The molecule has 0 aliphatic heterocycles. The second-order valence-electron chi connectivity index (χ2n) is 3.56. The zero-order chi connectivity index (χ0) is 10.8. The molecule has 0 aliphatic carbocycles. The Morgan fingerprint density at radius 2 is 2.07 bits per heavy atom. The van der Waals surface area contributed by atoms with Crippen LogP contribution in [0.3, 0.4) is 0 Å². The molecule has 1 aromatic heterocycles. The molecule has 0 radical (unpaired) electrons. The first kappa shape index (κ1) is 9.86. The summed E-state index contributed by atoms with van der Waals surface area (Å²) < 4.78 is 1.65. The zero-order valence-electron chi connectivity index (χ0n) is 8.81. The molecule has 0 bridgehead atoms. The summed E-state index contributed by atoms with van der Waals surface area (Å²) in [4.78, 5) is 0. The Kier molecular flexibility index (Phi) is 2.51. The highest BCUT2D eigenvalue weighted by Gasteiger charge is 2.05. The van der Waals surface area contributed by atoms with Crippen LogP contribution in [0.25, 0.3) is 5.69 Å². The lowest BCUT2D eigenvalue weighted by Crippen LogP contribution is -2.02. The van der Waals surface area contributed by atoms with Crippen molar-refractivity contribution in [3.05, 3.63) is 41.2 Å². The molecule has 0 aliphatic rings. The molecule has 2 aromatic rings. The van der Waals surface area contributed by atoms with Crippen LogP contribution in [0, 0.1) is 13.8 Å². The van der Waals surface area contributed by atoms with E-state index in [9.17, 15) is 0 Å². The van der Waals surface area contributed by atoms with Gasteiger partial charge in [-0.15, -0.1) is 5.10 Å². The van der Waals surface area contributed by atoms with Gasteiger partial charge in [-0.2, -0.15) is 0 Å². The summed E-state index contributed by atoms with van der Waals surface area (Å²) in [6.07, 6.45) is 1.56. The summed E-state index contributed by atoms with van der Waals surface area (Å²) >= 11 is 0. The predicted octanol–water partition coefficient (Wildman–Crippen LogP) is 1.38. The number of rotatable bonds is 2. The van der Waals surface area contributed by atoms with Gasteiger partial charge in [0.05, 0.1) is 24.2 Å². The Morgan fingerprint density at radius 1 is 1.27 bits per heavy atom. The molecule has 78 valence electrons.